The second-order valence-electron chi connectivity index (χ2n) is 3.69. The van der Waals surface area contributed by atoms with Gasteiger partial charge in [0.15, 0.2) is 11.2 Å². The lowest BCUT2D eigenvalue weighted by Crippen LogP contribution is -2.49. The number of thioether (sulfide) groups is 1. The molecule has 2 heterocycles. The third-order valence-corrected chi connectivity index (χ3v) is 3.89. The smallest absolute Gasteiger partial charge is 0.273 e. The van der Waals surface area contributed by atoms with Crippen LogP contribution in [0.25, 0.3) is 0 Å². The molecule has 0 spiro atoms. The molecule has 5 heteroatoms. The van der Waals surface area contributed by atoms with Gasteiger partial charge in [-0.25, -0.2) is 5.43 Å². The summed E-state index contributed by atoms with van der Waals surface area (Å²) in [6.45, 7) is 0.885. The molecule has 4 nitrogen and oxygen atoms in total. The molecule has 16 heavy (non-hydrogen) atoms. The van der Waals surface area contributed by atoms with Gasteiger partial charge >= 0.3 is 0 Å². The average molecular weight is 233 g/mol. The van der Waals surface area contributed by atoms with Gasteiger partial charge in [0.05, 0.1) is 0 Å². The van der Waals surface area contributed by atoms with E-state index in [1.807, 2.05) is 30.3 Å². The number of nitrogens with one attached hydrogen (secondary N) is 1. The highest BCUT2D eigenvalue weighted by molar-refractivity contribution is 8.00. The van der Waals surface area contributed by atoms with Gasteiger partial charge in [-0.2, -0.15) is 5.10 Å². The Kier molecular flexibility index (Phi) is 2.32. The van der Waals surface area contributed by atoms with Gasteiger partial charge < -0.3 is 4.90 Å². The van der Waals surface area contributed by atoms with E-state index in [2.05, 4.69) is 15.4 Å². The predicted molar refractivity (Wildman–Crippen MR) is 64.1 cm³/mol. The first-order valence-electron chi connectivity index (χ1n) is 5.17. The van der Waals surface area contributed by atoms with E-state index in [0.29, 0.717) is 0 Å². The molecule has 1 saturated heterocycles. The van der Waals surface area contributed by atoms with Crippen molar-refractivity contribution in [2.75, 3.05) is 12.3 Å². The van der Waals surface area contributed by atoms with Crippen LogP contribution in [0.1, 0.15) is 5.56 Å². The quantitative estimate of drug-likeness (QED) is 0.782. The molecule has 0 aliphatic carbocycles. The normalized spacial score (nSPS) is 23.8. The van der Waals surface area contributed by atoms with E-state index < -0.39 is 0 Å². The number of hydrogen-bond donors (Lipinski definition) is 1. The molecule has 1 aromatic rings. The highest BCUT2D eigenvalue weighted by Crippen LogP contribution is 2.27. The lowest BCUT2D eigenvalue weighted by Gasteiger charge is -2.29. The summed E-state index contributed by atoms with van der Waals surface area (Å²) in [6, 6.07) is 9.95. The Labute approximate surface area is 97.7 Å². The first-order valence-corrected chi connectivity index (χ1v) is 6.22. The second kappa shape index (κ2) is 3.83. The number of rotatable bonds is 1. The zero-order valence-electron chi connectivity index (χ0n) is 8.59. The van der Waals surface area contributed by atoms with Gasteiger partial charge in [-0.1, -0.05) is 30.3 Å². The summed E-state index contributed by atoms with van der Waals surface area (Å²) in [5, 5.41) is 4.05. The van der Waals surface area contributed by atoms with Crippen LogP contribution in [0.3, 0.4) is 0 Å². The highest BCUT2D eigenvalue weighted by Gasteiger charge is 2.37. The summed E-state index contributed by atoms with van der Waals surface area (Å²) >= 11 is 1.67. The number of hydrazone groups is 1. The summed E-state index contributed by atoms with van der Waals surface area (Å²) in [7, 11) is 0. The van der Waals surface area contributed by atoms with E-state index in [-0.39, 0.29) is 11.3 Å². The van der Waals surface area contributed by atoms with Crippen molar-refractivity contribution in [3.8, 4) is 0 Å². The fourth-order valence-corrected chi connectivity index (χ4v) is 3.06. The van der Waals surface area contributed by atoms with Crippen LogP contribution in [0.5, 0.6) is 0 Å². The minimum Gasteiger partial charge on any atom is -0.333 e. The molecule has 1 aromatic carbocycles. The van der Waals surface area contributed by atoms with E-state index in [1.165, 1.54) is 0 Å². The van der Waals surface area contributed by atoms with Crippen LogP contribution in [0.2, 0.25) is 0 Å². The minimum absolute atomic E-state index is 0.0119. The number of hydrogen-bond acceptors (Lipinski definition) is 4. The van der Waals surface area contributed by atoms with Crippen molar-refractivity contribution in [2.24, 2.45) is 5.10 Å². The third kappa shape index (κ3) is 1.48. The Morgan fingerprint density at radius 2 is 2.19 bits per heavy atom. The first-order chi connectivity index (χ1) is 7.86. The molecular formula is C11H11N3OS. The van der Waals surface area contributed by atoms with Crippen molar-refractivity contribution in [1.29, 1.82) is 0 Å². The zero-order chi connectivity index (χ0) is 11.0. The van der Waals surface area contributed by atoms with Crippen molar-refractivity contribution in [3.05, 3.63) is 35.9 Å². The molecule has 0 aromatic heterocycles. The molecule has 1 atom stereocenters. The predicted octanol–water partition coefficient (Wildman–Crippen LogP) is 0.853. The van der Waals surface area contributed by atoms with E-state index in [9.17, 15) is 4.79 Å². The van der Waals surface area contributed by atoms with Gasteiger partial charge in [-0.05, 0) is 0 Å². The van der Waals surface area contributed by atoms with Crippen molar-refractivity contribution >= 4 is 23.5 Å². The van der Waals surface area contributed by atoms with Gasteiger partial charge in [0.25, 0.3) is 5.91 Å². The van der Waals surface area contributed by atoms with E-state index >= 15 is 0 Å². The highest BCUT2D eigenvalue weighted by atomic mass is 32.2. The number of amides is 1. The van der Waals surface area contributed by atoms with E-state index in [0.717, 1.165) is 23.7 Å². The summed E-state index contributed by atoms with van der Waals surface area (Å²) in [6.07, 6.45) is 0. The van der Waals surface area contributed by atoms with Gasteiger partial charge in [-0.3, -0.25) is 4.79 Å². The molecule has 2 aliphatic rings. The molecule has 3 rings (SSSR count). The minimum atomic E-state index is -0.104. The first kappa shape index (κ1) is 9.72. The second-order valence-corrected chi connectivity index (χ2v) is 4.88. The zero-order valence-corrected chi connectivity index (χ0v) is 9.41. The fraction of sp³-hybridized carbons (Fsp3) is 0.273. The maximum Gasteiger partial charge on any atom is 0.273 e. The average Bonchev–Trinajstić information content (AvgIpc) is 2.81. The molecule has 1 N–H and O–H groups in total. The SMILES string of the molecule is O=C1NN=C(c2ccccc2)N2CCSC12. The van der Waals surface area contributed by atoms with Gasteiger partial charge in [-0.15, -0.1) is 11.8 Å². The molecular weight excluding hydrogens is 222 g/mol. The molecule has 1 amide bonds. The van der Waals surface area contributed by atoms with Crippen LogP contribution in [0.4, 0.5) is 0 Å². The number of fused-ring (bicyclic) bond motifs is 1. The molecule has 0 saturated carbocycles. The van der Waals surface area contributed by atoms with Crippen LogP contribution in [-0.2, 0) is 4.79 Å². The molecule has 0 bridgehead atoms. The van der Waals surface area contributed by atoms with Gasteiger partial charge in [0.2, 0.25) is 0 Å². The number of carbonyl (C=O) groups is 1. The lowest BCUT2D eigenvalue weighted by atomic mass is 10.2. The number of amidine groups is 1. The topological polar surface area (TPSA) is 44.7 Å². The van der Waals surface area contributed by atoms with Gasteiger partial charge in [0, 0.05) is 17.9 Å². The maximum atomic E-state index is 11.6. The largest absolute Gasteiger partial charge is 0.333 e. The Balaban J connectivity index is 1.99. The van der Waals surface area contributed by atoms with Crippen molar-refractivity contribution < 1.29 is 4.79 Å². The van der Waals surface area contributed by atoms with Crippen molar-refractivity contribution in [1.82, 2.24) is 10.3 Å². The maximum absolute atomic E-state index is 11.6. The number of nitrogens with zero attached hydrogens (tertiary/aromatic N) is 2. The summed E-state index contributed by atoms with van der Waals surface area (Å²) < 4.78 is 0. The van der Waals surface area contributed by atoms with Crippen LogP contribution in [0, 0.1) is 0 Å². The summed E-state index contributed by atoms with van der Waals surface area (Å²) in [5.41, 5.74) is 3.64. The van der Waals surface area contributed by atoms with Crippen molar-refractivity contribution in [3.63, 3.8) is 0 Å². The molecule has 1 fully saturated rings. The third-order valence-electron chi connectivity index (χ3n) is 2.69. The lowest BCUT2D eigenvalue weighted by molar-refractivity contribution is -0.122. The Hall–Kier alpha value is -1.49. The standard InChI is InChI=1S/C11H11N3OS/c15-10-11-14(6-7-16-11)9(12-13-10)8-4-2-1-3-5-8/h1-5,11H,6-7H2,(H,13,15). The monoisotopic (exact) mass is 233 g/mol. The Bertz CT molecular complexity index is 446. The van der Waals surface area contributed by atoms with E-state index in [4.69, 9.17) is 0 Å². The Morgan fingerprint density at radius 3 is 3.00 bits per heavy atom. The van der Waals surface area contributed by atoms with E-state index in [1.54, 1.807) is 11.8 Å². The van der Waals surface area contributed by atoms with Crippen LogP contribution in [-0.4, -0.2) is 34.3 Å². The van der Waals surface area contributed by atoms with Crippen molar-refractivity contribution in [2.45, 2.75) is 5.37 Å². The summed E-state index contributed by atoms with van der Waals surface area (Å²) in [5.74, 6) is 1.83. The van der Waals surface area contributed by atoms with Crippen LogP contribution >= 0.6 is 11.8 Å². The Morgan fingerprint density at radius 1 is 1.38 bits per heavy atom. The number of benzene rings is 1. The fourth-order valence-electron chi connectivity index (χ4n) is 1.95. The van der Waals surface area contributed by atoms with Crippen LogP contribution < -0.4 is 5.43 Å². The molecule has 0 radical (unpaired) electrons. The number of carbonyl (C=O) groups excluding carboxylic acids is 1. The summed E-state index contributed by atoms with van der Waals surface area (Å²) in [4.78, 5) is 13.6. The molecule has 2 aliphatic heterocycles. The molecule has 82 valence electrons. The van der Waals surface area contributed by atoms with Gasteiger partial charge in [0.1, 0.15) is 0 Å². The molecule has 1 unspecified atom stereocenters. The van der Waals surface area contributed by atoms with Crippen LogP contribution in [0.15, 0.2) is 35.4 Å².